The maximum absolute atomic E-state index is 13.6. The number of thiazole rings is 1. The molecule has 1 N–H and O–H groups in total. The summed E-state index contributed by atoms with van der Waals surface area (Å²) in [5, 5.41) is 11.1. The molecular formula is C20H16F2N4O2S2. The molecule has 1 amide bonds. The summed E-state index contributed by atoms with van der Waals surface area (Å²) in [7, 11) is 0. The number of ether oxygens (including phenoxy) is 1. The topological polar surface area (TPSA) is 69.0 Å². The highest BCUT2D eigenvalue weighted by Gasteiger charge is 2.14. The van der Waals surface area contributed by atoms with Gasteiger partial charge in [-0.2, -0.15) is 5.10 Å². The standard InChI is InChI=1S/C20H16F2N4O2S2/c1-2-26-8-13(7-23-26)16-11-30-20(24-16)25-19(27)18-5-12(10-29-18)9-28-17-4-3-14(21)6-15(17)22/h3-8,10-11H,2,9H2,1H3,(H,24,25,27). The van der Waals surface area contributed by atoms with E-state index in [0.717, 1.165) is 29.9 Å². The molecule has 0 bridgehead atoms. The second-order valence-electron chi connectivity index (χ2n) is 6.26. The quantitative estimate of drug-likeness (QED) is 0.424. The Morgan fingerprint density at radius 1 is 1.23 bits per heavy atom. The third-order valence-electron chi connectivity index (χ3n) is 4.14. The van der Waals surface area contributed by atoms with Gasteiger partial charge in [-0.05, 0) is 30.5 Å². The van der Waals surface area contributed by atoms with Gasteiger partial charge in [0.2, 0.25) is 0 Å². The number of halogens is 2. The number of carbonyl (C=O) groups is 1. The lowest BCUT2D eigenvalue weighted by molar-refractivity contribution is 0.103. The normalized spacial score (nSPS) is 10.9. The molecule has 0 spiro atoms. The van der Waals surface area contributed by atoms with Crippen molar-refractivity contribution in [1.29, 1.82) is 0 Å². The Morgan fingerprint density at radius 2 is 2.10 bits per heavy atom. The van der Waals surface area contributed by atoms with Crippen LogP contribution in [0, 0.1) is 11.6 Å². The lowest BCUT2D eigenvalue weighted by atomic mass is 10.3. The van der Waals surface area contributed by atoms with E-state index in [1.807, 2.05) is 18.5 Å². The Labute approximate surface area is 178 Å². The first-order valence-electron chi connectivity index (χ1n) is 8.97. The van der Waals surface area contributed by atoms with Gasteiger partial charge in [-0.1, -0.05) is 0 Å². The van der Waals surface area contributed by atoms with Crippen LogP contribution in [-0.2, 0) is 13.2 Å². The summed E-state index contributed by atoms with van der Waals surface area (Å²) in [6, 6.07) is 4.79. The SMILES string of the molecule is CCn1cc(-c2csc(NC(=O)c3cc(COc4ccc(F)cc4F)cs3)n2)cn1. The van der Waals surface area contributed by atoms with Crippen LogP contribution in [0.4, 0.5) is 13.9 Å². The number of hydrogen-bond acceptors (Lipinski definition) is 6. The predicted octanol–water partition coefficient (Wildman–Crippen LogP) is 5.20. The highest BCUT2D eigenvalue weighted by Crippen LogP contribution is 2.26. The molecule has 0 fully saturated rings. The van der Waals surface area contributed by atoms with Crippen LogP contribution in [0.3, 0.4) is 0 Å². The van der Waals surface area contributed by atoms with Crippen LogP contribution >= 0.6 is 22.7 Å². The molecule has 0 atom stereocenters. The van der Waals surface area contributed by atoms with Gasteiger partial charge in [-0.3, -0.25) is 14.8 Å². The zero-order valence-electron chi connectivity index (χ0n) is 15.8. The molecule has 4 rings (SSSR count). The molecule has 10 heteroatoms. The number of aryl methyl sites for hydroxylation is 1. The fourth-order valence-corrected chi connectivity index (χ4v) is 4.12. The van der Waals surface area contributed by atoms with E-state index in [0.29, 0.717) is 15.6 Å². The molecule has 3 heterocycles. The first-order chi connectivity index (χ1) is 14.5. The van der Waals surface area contributed by atoms with Crippen LogP contribution < -0.4 is 10.1 Å². The van der Waals surface area contributed by atoms with E-state index in [2.05, 4.69) is 15.4 Å². The van der Waals surface area contributed by atoms with Gasteiger partial charge in [0, 0.05) is 35.3 Å². The average Bonchev–Trinajstić information content (AvgIpc) is 3.47. The van der Waals surface area contributed by atoms with Crippen molar-refractivity contribution >= 4 is 33.7 Å². The van der Waals surface area contributed by atoms with E-state index < -0.39 is 11.6 Å². The summed E-state index contributed by atoms with van der Waals surface area (Å²) >= 11 is 2.57. The predicted molar refractivity (Wildman–Crippen MR) is 112 cm³/mol. The van der Waals surface area contributed by atoms with Crippen LogP contribution in [0.2, 0.25) is 0 Å². The molecule has 154 valence electrons. The molecule has 0 saturated heterocycles. The molecule has 0 aliphatic rings. The van der Waals surface area contributed by atoms with Crippen molar-refractivity contribution in [2.45, 2.75) is 20.1 Å². The number of nitrogens with zero attached hydrogens (tertiary/aromatic N) is 3. The Morgan fingerprint density at radius 3 is 2.87 bits per heavy atom. The number of amides is 1. The van der Waals surface area contributed by atoms with E-state index in [-0.39, 0.29) is 18.3 Å². The van der Waals surface area contributed by atoms with Crippen LogP contribution in [0.5, 0.6) is 5.75 Å². The van der Waals surface area contributed by atoms with Gasteiger partial charge >= 0.3 is 0 Å². The van der Waals surface area contributed by atoms with Crippen molar-refractivity contribution in [2.75, 3.05) is 5.32 Å². The van der Waals surface area contributed by atoms with Gasteiger partial charge in [-0.25, -0.2) is 13.8 Å². The van der Waals surface area contributed by atoms with Gasteiger partial charge in [0.25, 0.3) is 5.91 Å². The highest BCUT2D eigenvalue weighted by molar-refractivity contribution is 7.14. The number of benzene rings is 1. The maximum Gasteiger partial charge on any atom is 0.267 e. The van der Waals surface area contributed by atoms with Crippen molar-refractivity contribution in [1.82, 2.24) is 14.8 Å². The van der Waals surface area contributed by atoms with Crippen molar-refractivity contribution < 1.29 is 18.3 Å². The molecule has 1 aromatic carbocycles. The summed E-state index contributed by atoms with van der Waals surface area (Å²) < 4.78 is 33.8. The number of aromatic nitrogens is 3. The molecule has 30 heavy (non-hydrogen) atoms. The second kappa shape index (κ2) is 8.72. The zero-order chi connectivity index (χ0) is 21.1. The molecule has 0 saturated carbocycles. The molecule has 4 aromatic rings. The third-order valence-corrected chi connectivity index (χ3v) is 5.88. The second-order valence-corrected chi connectivity index (χ2v) is 8.03. The number of rotatable bonds is 7. The lowest BCUT2D eigenvalue weighted by Crippen LogP contribution is -2.09. The Bertz CT molecular complexity index is 1190. The largest absolute Gasteiger partial charge is 0.486 e. The number of carbonyl (C=O) groups excluding carboxylic acids is 1. The highest BCUT2D eigenvalue weighted by atomic mass is 32.1. The first kappa shape index (κ1) is 20.2. The minimum absolute atomic E-state index is 0.0460. The van der Waals surface area contributed by atoms with E-state index in [1.54, 1.807) is 22.3 Å². The van der Waals surface area contributed by atoms with E-state index in [1.165, 1.54) is 28.7 Å². The van der Waals surface area contributed by atoms with Crippen LogP contribution in [0.1, 0.15) is 22.2 Å². The molecule has 6 nitrogen and oxygen atoms in total. The monoisotopic (exact) mass is 446 g/mol. The summed E-state index contributed by atoms with van der Waals surface area (Å²) in [6.45, 7) is 2.83. The maximum atomic E-state index is 13.6. The minimum atomic E-state index is -0.771. The molecular weight excluding hydrogens is 430 g/mol. The first-order valence-corrected chi connectivity index (χ1v) is 10.7. The van der Waals surface area contributed by atoms with Gasteiger partial charge in [0.05, 0.1) is 16.8 Å². The smallest absolute Gasteiger partial charge is 0.267 e. The summed E-state index contributed by atoms with van der Waals surface area (Å²) in [5.41, 5.74) is 2.34. The van der Waals surface area contributed by atoms with Gasteiger partial charge in [0.1, 0.15) is 12.4 Å². The number of thiophene rings is 1. The average molecular weight is 447 g/mol. The fraction of sp³-hybridized carbons (Fsp3) is 0.150. The van der Waals surface area contributed by atoms with Crippen LogP contribution in [0.15, 0.2) is 47.4 Å². The number of nitrogens with one attached hydrogen (secondary N) is 1. The van der Waals surface area contributed by atoms with E-state index in [4.69, 9.17) is 4.74 Å². The Balaban J connectivity index is 1.37. The summed E-state index contributed by atoms with van der Waals surface area (Å²) in [5.74, 6) is -1.77. The van der Waals surface area contributed by atoms with E-state index in [9.17, 15) is 13.6 Å². The summed E-state index contributed by atoms with van der Waals surface area (Å²) in [6.07, 6.45) is 3.63. The molecule has 0 radical (unpaired) electrons. The number of hydrogen-bond donors (Lipinski definition) is 1. The van der Waals surface area contributed by atoms with Gasteiger partial charge < -0.3 is 4.74 Å². The molecule has 0 unspecified atom stereocenters. The van der Waals surface area contributed by atoms with Gasteiger partial charge in [0.15, 0.2) is 16.7 Å². The minimum Gasteiger partial charge on any atom is -0.486 e. The zero-order valence-corrected chi connectivity index (χ0v) is 17.4. The van der Waals surface area contributed by atoms with Crippen molar-refractivity contribution in [3.05, 3.63) is 69.5 Å². The number of anilines is 1. The summed E-state index contributed by atoms with van der Waals surface area (Å²) in [4.78, 5) is 17.4. The van der Waals surface area contributed by atoms with Crippen LogP contribution in [0.25, 0.3) is 11.3 Å². The lowest BCUT2D eigenvalue weighted by Gasteiger charge is -2.05. The van der Waals surface area contributed by atoms with Gasteiger partial charge in [-0.15, -0.1) is 22.7 Å². The third kappa shape index (κ3) is 4.55. The molecule has 0 aliphatic heterocycles. The molecule has 3 aromatic heterocycles. The van der Waals surface area contributed by atoms with Crippen LogP contribution in [-0.4, -0.2) is 20.7 Å². The Hall–Kier alpha value is -3.11. The van der Waals surface area contributed by atoms with Crippen molar-refractivity contribution in [2.24, 2.45) is 0 Å². The molecule has 0 aliphatic carbocycles. The van der Waals surface area contributed by atoms with Crippen molar-refractivity contribution in [3.8, 4) is 17.0 Å². The van der Waals surface area contributed by atoms with Crippen molar-refractivity contribution in [3.63, 3.8) is 0 Å². The Kier molecular flexibility index (Phi) is 5.86. The van der Waals surface area contributed by atoms with E-state index >= 15 is 0 Å². The fourth-order valence-electron chi connectivity index (χ4n) is 2.61.